The molecule has 0 fully saturated rings. The number of hydrogen-bond acceptors (Lipinski definition) is 1. The van der Waals surface area contributed by atoms with Crippen molar-refractivity contribution in [2.24, 2.45) is 0 Å². The summed E-state index contributed by atoms with van der Waals surface area (Å²) >= 11 is 0. The Bertz CT molecular complexity index is 579. The van der Waals surface area contributed by atoms with Gasteiger partial charge in [-0.15, -0.1) is 0 Å². The molecule has 0 atom stereocenters. The summed E-state index contributed by atoms with van der Waals surface area (Å²) in [5.41, 5.74) is 5.78. The first-order chi connectivity index (χ1) is 7.38. The maximum absolute atomic E-state index is 8.71. The highest BCUT2D eigenvalue weighted by molar-refractivity contribution is 5.78. The van der Waals surface area contributed by atoms with E-state index in [2.05, 4.69) is 29.2 Å². The van der Waals surface area contributed by atoms with Crippen molar-refractivity contribution < 1.29 is 0 Å². The molecule has 15 heavy (non-hydrogen) atoms. The normalized spacial score (nSPS) is 11.7. The molecule has 0 amide bonds. The molecule has 0 N–H and O–H groups in total. The standard InChI is InChI=1S/C13H9N2/c14-15-11-5-6-13-10(8-11)7-9-3-1-2-4-12(9)13/h1-6,8H,7H2/q+1. The van der Waals surface area contributed by atoms with E-state index in [0.29, 0.717) is 5.69 Å². The second-order valence-corrected chi connectivity index (χ2v) is 3.78. The highest BCUT2D eigenvalue weighted by atomic mass is 14.8. The number of fused-ring (bicyclic) bond motifs is 3. The van der Waals surface area contributed by atoms with Gasteiger partial charge in [0.25, 0.3) is 0 Å². The highest BCUT2D eigenvalue weighted by Crippen LogP contribution is 2.37. The third-order valence-corrected chi connectivity index (χ3v) is 2.89. The van der Waals surface area contributed by atoms with E-state index >= 15 is 0 Å². The van der Waals surface area contributed by atoms with Gasteiger partial charge in [0.1, 0.15) is 0 Å². The van der Waals surface area contributed by atoms with Crippen LogP contribution in [0, 0.1) is 5.39 Å². The summed E-state index contributed by atoms with van der Waals surface area (Å²) in [5, 5.41) is 8.71. The van der Waals surface area contributed by atoms with Crippen molar-refractivity contribution in [3.8, 4) is 11.1 Å². The van der Waals surface area contributed by atoms with E-state index in [1.54, 1.807) is 0 Å². The van der Waals surface area contributed by atoms with Crippen LogP contribution < -0.4 is 0 Å². The third-order valence-electron chi connectivity index (χ3n) is 2.89. The Kier molecular flexibility index (Phi) is 1.60. The van der Waals surface area contributed by atoms with Gasteiger partial charge in [-0.05, 0) is 34.7 Å². The summed E-state index contributed by atoms with van der Waals surface area (Å²) in [6, 6.07) is 14.2. The van der Waals surface area contributed by atoms with Crippen LogP contribution in [0.25, 0.3) is 16.1 Å². The quantitative estimate of drug-likeness (QED) is 0.500. The molecule has 1 aliphatic rings. The van der Waals surface area contributed by atoms with E-state index in [1.165, 1.54) is 22.3 Å². The predicted molar refractivity (Wildman–Crippen MR) is 59.4 cm³/mol. The summed E-state index contributed by atoms with van der Waals surface area (Å²) in [5.74, 6) is 0. The molecule has 0 saturated heterocycles. The third kappa shape index (κ3) is 1.14. The van der Waals surface area contributed by atoms with Crippen LogP contribution in [0.15, 0.2) is 42.5 Å². The second kappa shape index (κ2) is 2.93. The monoisotopic (exact) mass is 193 g/mol. The van der Waals surface area contributed by atoms with Crippen LogP contribution >= 0.6 is 0 Å². The van der Waals surface area contributed by atoms with E-state index in [9.17, 15) is 0 Å². The highest BCUT2D eigenvalue weighted by Gasteiger charge is 2.20. The van der Waals surface area contributed by atoms with Gasteiger partial charge in [-0.2, -0.15) is 0 Å². The van der Waals surface area contributed by atoms with Crippen LogP contribution in [-0.2, 0) is 6.42 Å². The van der Waals surface area contributed by atoms with E-state index in [-0.39, 0.29) is 0 Å². The zero-order valence-electron chi connectivity index (χ0n) is 8.14. The zero-order valence-corrected chi connectivity index (χ0v) is 8.14. The molecule has 2 heteroatoms. The molecule has 3 rings (SSSR count). The average Bonchev–Trinajstić information content (AvgIpc) is 2.66. The molecule has 2 nitrogen and oxygen atoms in total. The SMILES string of the molecule is N#[N+]c1ccc2c(c1)Cc1ccccc1-2. The fourth-order valence-electron chi connectivity index (χ4n) is 2.19. The van der Waals surface area contributed by atoms with Crippen molar-refractivity contribution in [2.75, 3.05) is 0 Å². The molecule has 0 radical (unpaired) electrons. The largest absolute Gasteiger partial charge is 0.385 e. The molecule has 70 valence electrons. The first-order valence-corrected chi connectivity index (χ1v) is 4.95. The summed E-state index contributed by atoms with van der Waals surface area (Å²) in [6.07, 6.45) is 0.939. The van der Waals surface area contributed by atoms with Crippen molar-refractivity contribution in [3.63, 3.8) is 0 Å². The maximum Gasteiger partial charge on any atom is 0.385 e. The fraction of sp³-hybridized carbons (Fsp3) is 0.0769. The minimum atomic E-state index is 0.626. The second-order valence-electron chi connectivity index (χ2n) is 3.78. The van der Waals surface area contributed by atoms with Gasteiger partial charge in [-0.1, -0.05) is 24.3 Å². The smallest absolute Gasteiger partial charge is 0.0619 e. The van der Waals surface area contributed by atoms with Crippen molar-refractivity contribution in [2.45, 2.75) is 6.42 Å². The Labute approximate surface area is 87.8 Å². The first-order valence-electron chi connectivity index (χ1n) is 4.95. The topological polar surface area (TPSA) is 28.1 Å². The van der Waals surface area contributed by atoms with Crippen LogP contribution in [0.4, 0.5) is 5.69 Å². The van der Waals surface area contributed by atoms with Gasteiger partial charge in [0.05, 0.1) is 0 Å². The Morgan fingerprint density at radius 1 is 0.933 bits per heavy atom. The lowest BCUT2D eigenvalue weighted by atomic mass is 10.1. The maximum atomic E-state index is 8.71. The lowest BCUT2D eigenvalue weighted by Crippen LogP contribution is -1.78. The number of benzene rings is 2. The van der Waals surface area contributed by atoms with E-state index in [1.807, 2.05) is 18.2 Å². The van der Waals surface area contributed by atoms with Crippen molar-refractivity contribution in [1.29, 1.82) is 5.39 Å². The number of diazo groups is 1. The summed E-state index contributed by atoms with van der Waals surface area (Å²) < 4.78 is 0. The Morgan fingerprint density at radius 2 is 1.73 bits per heavy atom. The number of hydrogen-bond donors (Lipinski definition) is 0. The van der Waals surface area contributed by atoms with Crippen LogP contribution in [0.1, 0.15) is 11.1 Å². The van der Waals surface area contributed by atoms with E-state index in [0.717, 1.165) is 6.42 Å². The first kappa shape index (κ1) is 8.19. The minimum absolute atomic E-state index is 0.626. The van der Waals surface area contributed by atoms with Crippen LogP contribution in [-0.4, -0.2) is 0 Å². The van der Waals surface area contributed by atoms with Gasteiger partial charge in [0, 0.05) is 12.1 Å². The molecule has 2 aromatic rings. The van der Waals surface area contributed by atoms with Gasteiger partial charge in [-0.25, -0.2) is 0 Å². The molecule has 0 saturated carbocycles. The lowest BCUT2D eigenvalue weighted by molar-refractivity contribution is 1.26. The predicted octanol–water partition coefficient (Wildman–Crippen LogP) is 3.74. The minimum Gasteiger partial charge on any atom is -0.0619 e. The lowest BCUT2D eigenvalue weighted by Gasteiger charge is -1.97. The molecule has 0 heterocycles. The van der Waals surface area contributed by atoms with Gasteiger partial charge in [0.2, 0.25) is 5.39 Å². The van der Waals surface area contributed by atoms with Crippen molar-refractivity contribution in [3.05, 3.63) is 58.6 Å². The molecule has 0 unspecified atom stereocenters. The molecule has 0 aromatic heterocycles. The van der Waals surface area contributed by atoms with E-state index < -0.39 is 0 Å². The van der Waals surface area contributed by atoms with E-state index in [4.69, 9.17) is 5.39 Å². The number of rotatable bonds is 0. The summed E-state index contributed by atoms with van der Waals surface area (Å²) in [4.78, 5) is 3.21. The molecule has 0 spiro atoms. The molecule has 1 aliphatic carbocycles. The van der Waals surface area contributed by atoms with Gasteiger partial charge in [0.15, 0.2) is 4.98 Å². The van der Waals surface area contributed by atoms with Crippen LogP contribution in [0.5, 0.6) is 0 Å². The summed E-state index contributed by atoms with van der Waals surface area (Å²) in [7, 11) is 0. The molecule has 2 aromatic carbocycles. The Balaban J connectivity index is 2.23. The van der Waals surface area contributed by atoms with Gasteiger partial charge in [-0.3, -0.25) is 0 Å². The fourth-order valence-corrected chi connectivity index (χ4v) is 2.19. The Morgan fingerprint density at radius 3 is 2.60 bits per heavy atom. The van der Waals surface area contributed by atoms with Crippen LogP contribution in [0.2, 0.25) is 0 Å². The van der Waals surface area contributed by atoms with Crippen LogP contribution in [0.3, 0.4) is 0 Å². The zero-order chi connectivity index (χ0) is 10.3. The van der Waals surface area contributed by atoms with Crippen molar-refractivity contribution >= 4 is 5.69 Å². The average molecular weight is 193 g/mol. The number of nitrogens with zero attached hydrogens (tertiary/aromatic N) is 2. The molecule has 0 bridgehead atoms. The van der Waals surface area contributed by atoms with Gasteiger partial charge < -0.3 is 0 Å². The van der Waals surface area contributed by atoms with Crippen molar-refractivity contribution in [1.82, 2.24) is 0 Å². The molecule has 0 aliphatic heterocycles. The van der Waals surface area contributed by atoms with Gasteiger partial charge >= 0.3 is 5.69 Å². The Hall–Kier alpha value is -2.14. The molecular formula is C13H9N2+. The molecular weight excluding hydrogens is 184 g/mol. The summed E-state index contributed by atoms with van der Waals surface area (Å²) in [6.45, 7) is 0.